The molecule has 1 aromatic carbocycles. The summed E-state index contributed by atoms with van der Waals surface area (Å²) in [7, 11) is 3.98. The first-order valence-corrected chi connectivity index (χ1v) is 8.96. The largest absolute Gasteiger partial charge is 0.494 e. The van der Waals surface area contributed by atoms with Crippen molar-refractivity contribution in [2.45, 2.75) is 39.2 Å². The Labute approximate surface area is 147 Å². The molecule has 0 heterocycles. The van der Waals surface area contributed by atoms with E-state index in [-0.39, 0.29) is 0 Å². The summed E-state index contributed by atoms with van der Waals surface area (Å²) in [5.74, 6) is 1.79. The minimum Gasteiger partial charge on any atom is -0.494 e. The van der Waals surface area contributed by atoms with Gasteiger partial charge in [0.1, 0.15) is 5.75 Å². The summed E-state index contributed by atoms with van der Waals surface area (Å²) in [6, 6.07) is 10.5. The second-order valence-corrected chi connectivity index (χ2v) is 6.22. The Balaban J connectivity index is 2.02. The molecule has 0 unspecified atom stereocenters. The number of nitrogens with zero attached hydrogens (tertiary/aromatic N) is 2. The predicted octanol–water partition coefficient (Wildman–Crippen LogP) is 2.74. The first kappa shape index (κ1) is 20.3. The fourth-order valence-electron chi connectivity index (χ4n) is 2.16. The number of hydrogen-bond acceptors (Lipinski definition) is 3. The Hall–Kier alpha value is -1.75. The average Bonchev–Trinajstić information content (AvgIpc) is 2.60. The van der Waals surface area contributed by atoms with E-state index in [1.807, 2.05) is 37.4 Å². The highest BCUT2D eigenvalue weighted by atomic mass is 16.5. The van der Waals surface area contributed by atoms with Crippen molar-refractivity contribution < 1.29 is 4.74 Å². The van der Waals surface area contributed by atoms with E-state index in [2.05, 4.69) is 41.4 Å². The lowest BCUT2D eigenvalue weighted by Gasteiger charge is -2.20. The lowest BCUT2D eigenvalue weighted by molar-refractivity contribution is 0.268. The molecule has 0 atom stereocenters. The first-order chi connectivity index (χ1) is 11.6. The van der Waals surface area contributed by atoms with Crippen molar-refractivity contribution in [2.24, 2.45) is 4.99 Å². The van der Waals surface area contributed by atoms with Crippen LogP contribution in [0.1, 0.15) is 33.1 Å². The number of rotatable bonds is 11. The third kappa shape index (κ3) is 9.40. The topological polar surface area (TPSA) is 48.9 Å². The molecule has 0 saturated carbocycles. The molecule has 136 valence electrons. The normalized spacial score (nSPS) is 11.8. The van der Waals surface area contributed by atoms with Gasteiger partial charge in [-0.25, -0.2) is 0 Å². The van der Waals surface area contributed by atoms with Crippen molar-refractivity contribution in [3.8, 4) is 5.75 Å². The van der Waals surface area contributed by atoms with E-state index in [0.717, 1.165) is 44.2 Å². The molecule has 0 spiro atoms. The molecular weight excluding hydrogens is 300 g/mol. The van der Waals surface area contributed by atoms with Gasteiger partial charge in [0, 0.05) is 26.2 Å². The van der Waals surface area contributed by atoms with Crippen LogP contribution >= 0.6 is 0 Å². The lowest BCUT2D eigenvalue weighted by atomic mass is 10.2. The average molecular weight is 335 g/mol. The molecule has 0 saturated heterocycles. The number of para-hydroxylation sites is 1. The van der Waals surface area contributed by atoms with E-state index in [1.54, 1.807) is 0 Å². The van der Waals surface area contributed by atoms with Gasteiger partial charge in [0.05, 0.1) is 6.61 Å². The summed E-state index contributed by atoms with van der Waals surface area (Å²) in [5, 5.41) is 6.68. The summed E-state index contributed by atoms with van der Waals surface area (Å²) >= 11 is 0. The molecule has 0 aliphatic heterocycles. The fraction of sp³-hybridized carbons (Fsp3) is 0.632. The van der Waals surface area contributed by atoms with Crippen LogP contribution in [-0.2, 0) is 0 Å². The van der Waals surface area contributed by atoms with E-state index < -0.39 is 0 Å². The highest BCUT2D eigenvalue weighted by molar-refractivity contribution is 5.79. The predicted molar refractivity (Wildman–Crippen MR) is 103 cm³/mol. The second kappa shape index (κ2) is 12.6. The molecular formula is C19H34N4O. The zero-order chi connectivity index (χ0) is 17.6. The maximum atomic E-state index is 5.67. The van der Waals surface area contributed by atoms with Gasteiger partial charge in [-0.1, -0.05) is 18.2 Å². The Morgan fingerprint density at radius 1 is 1.08 bits per heavy atom. The fourth-order valence-corrected chi connectivity index (χ4v) is 2.16. The van der Waals surface area contributed by atoms with Gasteiger partial charge in [-0.2, -0.15) is 0 Å². The molecule has 1 aromatic rings. The third-order valence-corrected chi connectivity index (χ3v) is 3.96. The molecule has 0 fully saturated rings. The number of hydrogen-bond donors (Lipinski definition) is 2. The molecule has 0 aliphatic carbocycles. The Kier molecular flexibility index (Phi) is 10.7. The van der Waals surface area contributed by atoms with Crippen LogP contribution in [0, 0.1) is 0 Å². The summed E-state index contributed by atoms with van der Waals surface area (Å²) in [6.45, 7) is 8.10. The molecule has 2 N–H and O–H groups in total. The van der Waals surface area contributed by atoms with Crippen molar-refractivity contribution in [2.75, 3.05) is 40.3 Å². The van der Waals surface area contributed by atoms with E-state index in [1.165, 1.54) is 6.42 Å². The lowest BCUT2D eigenvalue weighted by Crippen LogP contribution is -2.38. The third-order valence-electron chi connectivity index (χ3n) is 3.96. The molecule has 24 heavy (non-hydrogen) atoms. The highest BCUT2D eigenvalue weighted by Gasteiger charge is 2.02. The number of aliphatic imine (C=N–C) groups is 1. The Bertz CT molecular complexity index is 448. The first-order valence-electron chi connectivity index (χ1n) is 8.96. The van der Waals surface area contributed by atoms with Crippen LogP contribution in [0.5, 0.6) is 5.75 Å². The van der Waals surface area contributed by atoms with Crippen LogP contribution in [0.4, 0.5) is 0 Å². The van der Waals surface area contributed by atoms with Crippen molar-refractivity contribution in [1.82, 2.24) is 15.5 Å². The molecule has 0 aromatic heterocycles. The van der Waals surface area contributed by atoms with Gasteiger partial charge in [-0.3, -0.25) is 4.99 Å². The van der Waals surface area contributed by atoms with E-state index in [9.17, 15) is 0 Å². The smallest absolute Gasteiger partial charge is 0.190 e. The van der Waals surface area contributed by atoms with Crippen LogP contribution in [0.25, 0.3) is 0 Å². The van der Waals surface area contributed by atoms with Crippen LogP contribution in [0.2, 0.25) is 0 Å². The number of unbranched alkanes of at least 4 members (excludes halogenated alkanes) is 1. The second-order valence-electron chi connectivity index (χ2n) is 6.22. The van der Waals surface area contributed by atoms with Crippen molar-refractivity contribution in [1.29, 1.82) is 0 Å². The molecule has 0 aliphatic rings. The standard InChI is InChI=1S/C19H34N4O/c1-17(2)23(4)15-9-8-13-21-19(20-3)22-14-10-16-24-18-11-6-5-7-12-18/h5-7,11-12,17H,8-10,13-16H2,1-4H3,(H2,20,21,22). The molecule has 0 amide bonds. The monoisotopic (exact) mass is 334 g/mol. The molecule has 5 nitrogen and oxygen atoms in total. The van der Waals surface area contributed by atoms with Crippen molar-refractivity contribution in [3.63, 3.8) is 0 Å². The van der Waals surface area contributed by atoms with Crippen LogP contribution < -0.4 is 15.4 Å². The molecule has 0 radical (unpaired) electrons. The van der Waals surface area contributed by atoms with E-state index >= 15 is 0 Å². The molecule has 5 heteroatoms. The Morgan fingerprint density at radius 3 is 2.38 bits per heavy atom. The molecule has 0 bridgehead atoms. The van der Waals surface area contributed by atoms with Gasteiger partial charge in [0.15, 0.2) is 5.96 Å². The summed E-state index contributed by atoms with van der Waals surface area (Å²) in [6.07, 6.45) is 3.28. The van der Waals surface area contributed by atoms with Gasteiger partial charge in [-0.05, 0) is 58.8 Å². The number of benzene rings is 1. The maximum Gasteiger partial charge on any atom is 0.190 e. The highest BCUT2D eigenvalue weighted by Crippen LogP contribution is 2.07. The van der Waals surface area contributed by atoms with Gasteiger partial charge >= 0.3 is 0 Å². The van der Waals surface area contributed by atoms with Crippen LogP contribution in [0.3, 0.4) is 0 Å². The molecule has 1 rings (SSSR count). The quantitative estimate of drug-likeness (QED) is 0.371. The number of ether oxygens (including phenoxy) is 1. The SMILES string of the molecule is CN=C(NCCCCN(C)C(C)C)NCCCOc1ccccc1. The summed E-state index contributed by atoms with van der Waals surface area (Å²) in [5.41, 5.74) is 0. The van der Waals surface area contributed by atoms with Crippen LogP contribution in [0.15, 0.2) is 35.3 Å². The minimum absolute atomic E-state index is 0.616. The number of nitrogens with one attached hydrogen (secondary N) is 2. The maximum absolute atomic E-state index is 5.67. The van der Waals surface area contributed by atoms with Crippen LogP contribution in [-0.4, -0.2) is 57.2 Å². The van der Waals surface area contributed by atoms with Gasteiger partial charge in [0.25, 0.3) is 0 Å². The zero-order valence-corrected chi connectivity index (χ0v) is 15.7. The van der Waals surface area contributed by atoms with E-state index in [4.69, 9.17) is 4.74 Å². The summed E-state index contributed by atoms with van der Waals surface area (Å²) < 4.78 is 5.67. The minimum atomic E-state index is 0.616. The Morgan fingerprint density at radius 2 is 1.75 bits per heavy atom. The van der Waals surface area contributed by atoms with Crippen molar-refractivity contribution in [3.05, 3.63) is 30.3 Å². The van der Waals surface area contributed by atoms with E-state index in [0.29, 0.717) is 12.6 Å². The number of guanidine groups is 1. The van der Waals surface area contributed by atoms with Crippen molar-refractivity contribution >= 4 is 5.96 Å². The van der Waals surface area contributed by atoms with Gasteiger partial charge < -0.3 is 20.3 Å². The summed E-state index contributed by atoms with van der Waals surface area (Å²) in [4.78, 5) is 6.62. The van der Waals surface area contributed by atoms with Gasteiger partial charge in [0.2, 0.25) is 0 Å². The van der Waals surface area contributed by atoms with Gasteiger partial charge in [-0.15, -0.1) is 0 Å². The zero-order valence-electron chi connectivity index (χ0n) is 15.7.